The molecule has 0 atom stereocenters. The van der Waals surface area contributed by atoms with E-state index in [0.29, 0.717) is 0 Å². The Labute approximate surface area is 404 Å². The number of rotatable bonds is 10. The third-order valence-electron chi connectivity index (χ3n) is 13.5. The van der Waals surface area contributed by atoms with Crippen molar-refractivity contribution in [1.82, 2.24) is 0 Å². The molecule has 0 radical (unpaired) electrons. The van der Waals surface area contributed by atoms with Crippen LogP contribution in [0.4, 0.5) is 17.1 Å². The topological polar surface area (TPSA) is 3.24 Å². The lowest BCUT2D eigenvalue weighted by molar-refractivity contribution is 1.30. The number of anilines is 3. The van der Waals surface area contributed by atoms with Gasteiger partial charge in [-0.15, -0.1) is 0 Å². The number of hydrogen-bond donors (Lipinski definition) is 0. The minimum atomic E-state index is 1.07. The lowest BCUT2D eigenvalue weighted by Gasteiger charge is -2.29. The summed E-state index contributed by atoms with van der Waals surface area (Å²) < 4.78 is 0. The van der Waals surface area contributed by atoms with Crippen molar-refractivity contribution in [3.8, 4) is 77.9 Å². The molecule has 12 aromatic rings. The smallest absolute Gasteiger partial charge is 0.0546 e. The molecule has 12 aromatic carbocycles. The van der Waals surface area contributed by atoms with Gasteiger partial charge in [0, 0.05) is 22.3 Å². The monoisotopic (exact) mass is 877 g/mol. The van der Waals surface area contributed by atoms with Crippen molar-refractivity contribution in [2.75, 3.05) is 4.90 Å². The Morgan fingerprint density at radius 2 is 0.522 bits per heavy atom. The van der Waals surface area contributed by atoms with E-state index in [2.05, 4.69) is 290 Å². The fraction of sp³-hybridized carbons (Fsp3) is 0. The average molecular weight is 878 g/mol. The number of fused-ring (bicyclic) bond motifs is 3. The maximum Gasteiger partial charge on any atom is 0.0546 e. The second-order valence-corrected chi connectivity index (χ2v) is 17.6. The zero-order valence-corrected chi connectivity index (χ0v) is 38.1. The maximum atomic E-state index is 2.46. The lowest BCUT2D eigenvalue weighted by atomic mass is 9.84. The van der Waals surface area contributed by atoms with Crippen molar-refractivity contribution in [2.24, 2.45) is 0 Å². The normalized spacial score (nSPS) is 11.2. The van der Waals surface area contributed by atoms with Crippen LogP contribution in [0.15, 0.2) is 285 Å². The van der Waals surface area contributed by atoms with Crippen LogP contribution in [0.1, 0.15) is 0 Å². The van der Waals surface area contributed by atoms with E-state index >= 15 is 0 Å². The van der Waals surface area contributed by atoms with Gasteiger partial charge in [0.15, 0.2) is 0 Å². The Bertz CT molecular complexity index is 3700. The van der Waals surface area contributed by atoms with Gasteiger partial charge in [-0.25, -0.2) is 0 Å². The highest BCUT2D eigenvalue weighted by molar-refractivity contribution is 6.25. The summed E-state index contributed by atoms with van der Waals surface area (Å²) in [5, 5.41) is 4.87. The summed E-state index contributed by atoms with van der Waals surface area (Å²) in [5.41, 5.74) is 20.0. The summed E-state index contributed by atoms with van der Waals surface area (Å²) in [4.78, 5) is 2.46. The van der Waals surface area contributed by atoms with Crippen molar-refractivity contribution in [3.05, 3.63) is 285 Å². The Kier molecular flexibility index (Phi) is 11.0. The van der Waals surface area contributed by atoms with E-state index in [-0.39, 0.29) is 0 Å². The minimum Gasteiger partial charge on any atom is -0.310 e. The molecule has 1 nitrogen and oxygen atoms in total. The summed E-state index contributed by atoms with van der Waals surface area (Å²) >= 11 is 0. The zero-order chi connectivity index (χ0) is 45.9. The summed E-state index contributed by atoms with van der Waals surface area (Å²) in [6.45, 7) is 0. The predicted molar refractivity (Wildman–Crippen MR) is 294 cm³/mol. The molecule has 0 unspecified atom stereocenters. The molecule has 324 valence electrons. The van der Waals surface area contributed by atoms with Crippen molar-refractivity contribution in [1.29, 1.82) is 0 Å². The van der Waals surface area contributed by atoms with Crippen molar-refractivity contribution in [2.45, 2.75) is 0 Å². The van der Waals surface area contributed by atoms with Crippen molar-refractivity contribution >= 4 is 38.6 Å². The molecular weight excluding hydrogens is 831 g/mol. The van der Waals surface area contributed by atoms with E-state index < -0.39 is 0 Å². The second kappa shape index (κ2) is 18.3. The van der Waals surface area contributed by atoms with E-state index in [4.69, 9.17) is 0 Å². The predicted octanol–water partition coefficient (Wildman–Crippen LogP) is 19.1. The molecule has 12 rings (SSSR count). The first kappa shape index (κ1) is 41.4. The molecule has 0 heterocycles. The largest absolute Gasteiger partial charge is 0.310 e. The van der Waals surface area contributed by atoms with Crippen LogP contribution >= 0.6 is 0 Å². The third-order valence-corrected chi connectivity index (χ3v) is 13.5. The summed E-state index contributed by atoms with van der Waals surface area (Å²) in [7, 11) is 0. The van der Waals surface area contributed by atoms with E-state index in [9.17, 15) is 0 Å². The van der Waals surface area contributed by atoms with Crippen molar-refractivity contribution in [3.63, 3.8) is 0 Å². The van der Waals surface area contributed by atoms with Crippen LogP contribution < -0.4 is 4.90 Å². The SMILES string of the molecule is c1ccc(-c2ccc(-c3ccc(N(c4ccc(-c5cccc(-c6ccccc6)c5-c5ccccc5)cc4)c4cccc5c4c(-c4ccccc4)c(-c4ccccc4)c4ccccc45)cc3)cc2)cc1. The molecule has 69 heavy (non-hydrogen) atoms. The fourth-order valence-corrected chi connectivity index (χ4v) is 10.3. The molecule has 1 heteroatoms. The molecule has 0 bridgehead atoms. The lowest BCUT2D eigenvalue weighted by Crippen LogP contribution is -2.11. The zero-order valence-electron chi connectivity index (χ0n) is 38.1. The summed E-state index contributed by atoms with van der Waals surface area (Å²) in [6.07, 6.45) is 0. The van der Waals surface area contributed by atoms with E-state index in [1.807, 2.05) is 0 Å². The first-order valence-corrected chi connectivity index (χ1v) is 23.8. The van der Waals surface area contributed by atoms with Gasteiger partial charge in [0.25, 0.3) is 0 Å². The standard InChI is InChI=1S/C68H47N/c1-6-20-48(21-7-1)49-36-38-50(39-37-49)51-40-44-57(45-41-51)69(58-46-42-53(43-47-58)60-33-18-32-59(52-22-8-2-9-23-52)65(60)54-24-10-3-11-25-54)64-35-19-34-63-61-30-16-17-31-62(61)66(55-26-12-4-13-27-55)67(68(63)64)56-28-14-5-15-29-56/h1-47H. The van der Waals surface area contributed by atoms with Gasteiger partial charge >= 0.3 is 0 Å². The third kappa shape index (κ3) is 7.86. The van der Waals surface area contributed by atoms with Gasteiger partial charge in [-0.1, -0.05) is 255 Å². The Morgan fingerprint density at radius 3 is 1.03 bits per heavy atom. The average Bonchev–Trinajstić information content (AvgIpc) is 3.44. The Hall–Kier alpha value is -9.04. The fourth-order valence-electron chi connectivity index (χ4n) is 10.3. The molecule has 0 amide bonds. The molecule has 0 saturated carbocycles. The molecule has 0 aliphatic heterocycles. The van der Waals surface area contributed by atoms with Crippen LogP contribution in [0, 0.1) is 0 Å². The number of nitrogens with zero attached hydrogens (tertiary/aromatic N) is 1. The van der Waals surface area contributed by atoms with Gasteiger partial charge in [0.1, 0.15) is 0 Å². The summed E-state index contributed by atoms with van der Waals surface area (Å²) in [6, 6.07) is 104. The van der Waals surface area contributed by atoms with Gasteiger partial charge in [0.2, 0.25) is 0 Å². The van der Waals surface area contributed by atoms with Gasteiger partial charge in [-0.3, -0.25) is 0 Å². The first-order chi connectivity index (χ1) is 34.3. The Morgan fingerprint density at radius 1 is 0.188 bits per heavy atom. The van der Waals surface area contributed by atoms with Crippen LogP contribution in [0.5, 0.6) is 0 Å². The Balaban J connectivity index is 1.07. The maximum absolute atomic E-state index is 2.46. The molecule has 0 aliphatic rings. The number of benzene rings is 12. The highest BCUT2D eigenvalue weighted by atomic mass is 15.1. The van der Waals surface area contributed by atoms with Crippen LogP contribution in [-0.2, 0) is 0 Å². The number of hydrogen-bond acceptors (Lipinski definition) is 1. The molecule has 0 aromatic heterocycles. The van der Waals surface area contributed by atoms with E-state index in [1.54, 1.807) is 0 Å². The quantitative estimate of drug-likeness (QED) is 0.124. The van der Waals surface area contributed by atoms with Crippen LogP contribution in [0.25, 0.3) is 99.4 Å². The molecular formula is C68H47N. The van der Waals surface area contributed by atoms with Gasteiger partial charge < -0.3 is 4.90 Å². The molecule has 0 N–H and O–H groups in total. The van der Waals surface area contributed by atoms with Crippen molar-refractivity contribution < 1.29 is 0 Å². The minimum absolute atomic E-state index is 1.07. The van der Waals surface area contributed by atoms with Crippen LogP contribution in [-0.4, -0.2) is 0 Å². The van der Waals surface area contributed by atoms with Gasteiger partial charge in [-0.05, 0) is 119 Å². The second-order valence-electron chi connectivity index (χ2n) is 17.6. The van der Waals surface area contributed by atoms with E-state index in [0.717, 1.165) is 22.6 Å². The van der Waals surface area contributed by atoms with Gasteiger partial charge in [-0.2, -0.15) is 0 Å². The van der Waals surface area contributed by atoms with E-state index in [1.165, 1.54) is 93.9 Å². The first-order valence-electron chi connectivity index (χ1n) is 23.8. The molecule has 0 spiro atoms. The van der Waals surface area contributed by atoms with Crippen LogP contribution in [0.2, 0.25) is 0 Å². The molecule has 0 aliphatic carbocycles. The molecule has 0 saturated heterocycles. The highest BCUT2D eigenvalue weighted by Crippen LogP contribution is 2.50. The summed E-state index contributed by atoms with van der Waals surface area (Å²) in [5.74, 6) is 0. The van der Waals surface area contributed by atoms with Gasteiger partial charge in [0.05, 0.1) is 5.69 Å². The van der Waals surface area contributed by atoms with Crippen LogP contribution in [0.3, 0.4) is 0 Å². The molecule has 0 fully saturated rings. The highest BCUT2D eigenvalue weighted by Gasteiger charge is 2.24.